The number of hydrogen-bond acceptors (Lipinski definition) is 4. The normalized spacial score (nSPS) is 12.2. The zero-order valence-electron chi connectivity index (χ0n) is 12.6. The summed E-state index contributed by atoms with van der Waals surface area (Å²) in [5.74, 6) is -1.55. The van der Waals surface area contributed by atoms with Crippen molar-refractivity contribution >= 4 is 23.6 Å². The first kappa shape index (κ1) is 19.3. The molecule has 0 aliphatic heterocycles. The summed E-state index contributed by atoms with van der Waals surface area (Å²) in [6.45, 7) is 1.21. The first-order valence-electron chi connectivity index (χ1n) is 6.80. The van der Waals surface area contributed by atoms with Gasteiger partial charge >= 0.3 is 18.2 Å². The van der Waals surface area contributed by atoms with Gasteiger partial charge in [-0.1, -0.05) is 6.07 Å². The number of halogens is 3. The quantitative estimate of drug-likeness (QED) is 0.679. The molecule has 1 aromatic rings. The van der Waals surface area contributed by atoms with Crippen LogP contribution in [0.3, 0.4) is 0 Å². The minimum absolute atomic E-state index is 0.0594. The Morgan fingerprint density at radius 2 is 1.96 bits per heavy atom. The molecule has 24 heavy (non-hydrogen) atoms. The van der Waals surface area contributed by atoms with Crippen molar-refractivity contribution in [2.75, 3.05) is 11.9 Å². The van der Waals surface area contributed by atoms with Crippen LogP contribution in [-0.4, -0.2) is 30.6 Å². The van der Waals surface area contributed by atoms with Gasteiger partial charge in [-0.15, -0.1) is 0 Å². The van der Waals surface area contributed by atoms with Gasteiger partial charge in [-0.25, -0.2) is 4.79 Å². The molecule has 0 unspecified atom stereocenters. The molecule has 4 N–H and O–H groups in total. The van der Waals surface area contributed by atoms with Crippen molar-refractivity contribution in [1.82, 2.24) is 5.32 Å². The van der Waals surface area contributed by atoms with Crippen molar-refractivity contribution in [3.05, 3.63) is 29.8 Å². The highest BCUT2D eigenvalue weighted by atomic mass is 19.4. The second-order valence-corrected chi connectivity index (χ2v) is 4.74. The monoisotopic (exact) mass is 347 g/mol. The molecule has 1 atom stereocenters. The van der Waals surface area contributed by atoms with E-state index in [1.165, 1.54) is 13.0 Å². The Balaban J connectivity index is 2.55. The number of nitrogens with two attached hydrogens (primary N) is 1. The van der Waals surface area contributed by atoms with Crippen molar-refractivity contribution in [3.63, 3.8) is 0 Å². The van der Waals surface area contributed by atoms with Gasteiger partial charge < -0.3 is 21.1 Å². The minimum Gasteiger partial charge on any atom is -0.452 e. The second-order valence-electron chi connectivity index (χ2n) is 4.74. The van der Waals surface area contributed by atoms with E-state index in [2.05, 4.69) is 10.6 Å². The van der Waals surface area contributed by atoms with Crippen molar-refractivity contribution < 1.29 is 32.3 Å². The first-order valence-corrected chi connectivity index (χ1v) is 6.80. The molecule has 0 radical (unpaired) electrons. The third-order valence-corrected chi connectivity index (χ3v) is 2.76. The molecule has 0 fully saturated rings. The molecule has 0 aromatic heterocycles. The molecule has 10 heteroatoms. The van der Waals surface area contributed by atoms with Crippen LogP contribution in [0.15, 0.2) is 24.3 Å². The number of carbonyl (C=O) groups is 3. The number of urea groups is 1. The van der Waals surface area contributed by atoms with Gasteiger partial charge in [0.25, 0.3) is 5.91 Å². The Bertz CT molecular complexity index is 620. The SMILES string of the molecule is C[C@@H](OC(=O)CCNC(N)=O)C(=O)Nc1cccc(C(F)(F)F)c1. The summed E-state index contributed by atoms with van der Waals surface area (Å²) in [5, 5.41) is 4.40. The van der Waals surface area contributed by atoms with Gasteiger partial charge in [0.05, 0.1) is 12.0 Å². The maximum atomic E-state index is 12.6. The summed E-state index contributed by atoms with van der Waals surface area (Å²) in [6.07, 6.45) is -5.96. The van der Waals surface area contributed by atoms with Crippen LogP contribution in [0.4, 0.5) is 23.7 Å². The highest BCUT2D eigenvalue weighted by molar-refractivity contribution is 5.95. The summed E-state index contributed by atoms with van der Waals surface area (Å²) in [5.41, 5.74) is 3.82. The van der Waals surface area contributed by atoms with Crippen LogP contribution in [0.2, 0.25) is 0 Å². The van der Waals surface area contributed by atoms with Crippen LogP contribution in [0.5, 0.6) is 0 Å². The third kappa shape index (κ3) is 6.55. The lowest BCUT2D eigenvalue weighted by atomic mass is 10.2. The van der Waals surface area contributed by atoms with Crippen LogP contribution < -0.4 is 16.4 Å². The summed E-state index contributed by atoms with van der Waals surface area (Å²) in [6, 6.07) is 3.25. The predicted molar refractivity (Wildman–Crippen MR) is 77.8 cm³/mol. The molecule has 1 rings (SSSR count). The molecule has 0 bridgehead atoms. The highest BCUT2D eigenvalue weighted by Crippen LogP contribution is 2.30. The molecule has 0 aliphatic carbocycles. The molecule has 0 saturated heterocycles. The van der Waals surface area contributed by atoms with Crippen LogP contribution in [0.25, 0.3) is 0 Å². The van der Waals surface area contributed by atoms with Gasteiger partial charge in [0.1, 0.15) is 0 Å². The second kappa shape index (κ2) is 8.18. The Morgan fingerprint density at radius 3 is 2.54 bits per heavy atom. The average molecular weight is 347 g/mol. The molecule has 0 heterocycles. The number of alkyl halides is 3. The molecular weight excluding hydrogens is 331 g/mol. The molecule has 7 nitrogen and oxygen atoms in total. The number of ether oxygens (including phenoxy) is 1. The Labute approximate surface area is 135 Å². The summed E-state index contributed by atoms with van der Waals surface area (Å²) < 4.78 is 42.6. The fourth-order valence-corrected chi connectivity index (χ4v) is 1.61. The van der Waals surface area contributed by atoms with Crippen LogP contribution in [0.1, 0.15) is 18.9 Å². The Morgan fingerprint density at radius 1 is 1.29 bits per heavy atom. The lowest BCUT2D eigenvalue weighted by molar-refractivity contribution is -0.153. The standard InChI is InChI=1S/C14H16F3N3O4/c1-8(24-11(21)5-6-19-13(18)23)12(22)20-10-4-2-3-9(7-10)14(15,16)17/h2-4,7-8H,5-6H2,1H3,(H,20,22)(H3,18,19,23)/t8-/m1/s1. The molecular formula is C14H16F3N3O4. The van der Waals surface area contributed by atoms with E-state index in [0.717, 1.165) is 18.2 Å². The van der Waals surface area contributed by atoms with E-state index in [9.17, 15) is 27.6 Å². The predicted octanol–water partition coefficient (Wildman–Crippen LogP) is 1.63. The third-order valence-electron chi connectivity index (χ3n) is 2.76. The van der Waals surface area contributed by atoms with Crippen molar-refractivity contribution in [2.45, 2.75) is 25.6 Å². The molecule has 0 aliphatic rings. The van der Waals surface area contributed by atoms with E-state index in [1.807, 2.05) is 0 Å². The summed E-state index contributed by atoms with van der Waals surface area (Å²) >= 11 is 0. The van der Waals surface area contributed by atoms with Crippen LogP contribution in [-0.2, 0) is 20.5 Å². The van der Waals surface area contributed by atoms with E-state index in [0.29, 0.717) is 0 Å². The van der Waals surface area contributed by atoms with Gasteiger partial charge in [-0.3, -0.25) is 9.59 Å². The summed E-state index contributed by atoms with van der Waals surface area (Å²) in [7, 11) is 0. The van der Waals surface area contributed by atoms with Gasteiger partial charge in [-0.2, -0.15) is 13.2 Å². The van der Waals surface area contributed by atoms with E-state index in [-0.39, 0.29) is 18.7 Å². The fraction of sp³-hybridized carbons (Fsp3) is 0.357. The maximum Gasteiger partial charge on any atom is 0.416 e. The number of hydrogen-bond donors (Lipinski definition) is 3. The van der Waals surface area contributed by atoms with E-state index < -0.39 is 35.8 Å². The van der Waals surface area contributed by atoms with Gasteiger partial charge in [-0.05, 0) is 25.1 Å². The largest absolute Gasteiger partial charge is 0.452 e. The van der Waals surface area contributed by atoms with Crippen LogP contribution >= 0.6 is 0 Å². The van der Waals surface area contributed by atoms with E-state index in [4.69, 9.17) is 10.5 Å². The highest BCUT2D eigenvalue weighted by Gasteiger charge is 2.30. The lowest BCUT2D eigenvalue weighted by Gasteiger charge is -2.14. The Kier molecular flexibility index (Phi) is 6.57. The topological polar surface area (TPSA) is 111 Å². The van der Waals surface area contributed by atoms with Gasteiger partial charge in [0.15, 0.2) is 6.10 Å². The van der Waals surface area contributed by atoms with E-state index >= 15 is 0 Å². The maximum absolute atomic E-state index is 12.6. The molecule has 132 valence electrons. The number of amides is 3. The Hall–Kier alpha value is -2.78. The minimum atomic E-state index is -4.54. The fourth-order valence-electron chi connectivity index (χ4n) is 1.61. The van der Waals surface area contributed by atoms with Crippen molar-refractivity contribution in [1.29, 1.82) is 0 Å². The van der Waals surface area contributed by atoms with E-state index in [1.54, 1.807) is 0 Å². The number of anilines is 1. The zero-order chi connectivity index (χ0) is 18.3. The lowest BCUT2D eigenvalue weighted by Crippen LogP contribution is -2.33. The smallest absolute Gasteiger partial charge is 0.416 e. The number of benzene rings is 1. The number of primary amides is 1. The van der Waals surface area contributed by atoms with Gasteiger partial charge in [0.2, 0.25) is 0 Å². The average Bonchev–Trinajstić information content (AvgIpc) is 2.46. The van der Waals surface area contributed by atoms with Crippen LogP contribution in [0, 0.1) is 0 Å². The number of esters is 1. The van der Waals surface area contributed by atoms with Gasteiger partial charge in [0, 0.05) is 12.2 Å². The number of rotatable bonds is 6. The molecule has 0 spiro atoms. The van der Waals surface area contributed by atoms with Crippen molar-refractivity contribution in [3.8, 4) is 0 Å². The molecule has 0 saturated carbocycles. The first-order chi connectivity index (χ1) is 11.1. The molecule has 3 amide bonds. The van der Waals surface area contributed by atoms with Crippen molar-refractivity contribution in [2.24, 2.45) is 5.73 Å². The molecule has 1 aromatic carbocycles. The zero-order valence-corrected chi connectivity index (χ0v) is 12.6. The number of nitrogens with one attached hydrogen (secondary N) is 2. The number of carbonyl (C=O) groups excluding carboxylic acids is 3. The summed E-state index contributed by atoms with van der Waals surface area (Å²) in [4.78, 5) is 33.7.